The summed E-state index contributed by atoms with van der Waals surface area (Å²) < 4.78 is 31.7. The molecule has 1 aromatic carbocycles. The Balaban J connectivity index is 1.99. The van der Waals surface area contributed by atoms with E-state index in [1.807, 2.05) is 0 Å². The summed E-state index contributed by atoms with van der Waals surface area (Å²) in [7, 11) is -0.320. The van der Waals surface area contributed by atoms with Gasteiger partial charge in [0.2, 0.25) is 10.0 Å². The van der Waals surface area contributed by atoms with Crippen LogP contribution in [-0.2, 0) is 14.8 Å². The molecule has 1 saturated heterocycles. The van der Waals surface area contributed by atoms with Gasteiger partial charge in [0.25, 0.3) is 5.91 Å². The Morgan fingerprint density at radius 1 is 1.33 bits per heavy atom. The van der Waals surface area contributed by atoms with Crippen LogP contribution >= 0.6 is 12.2 Å². The molecule has 1 aliphatic rings. The normalized spacial score (nSPS) is 14.7. The lowest BCUT2D eigenvalue weighted by Crippen LogP contribution is -2.48. The summed E-state index contributed by atoms with van der Waals surface area (Å²) in [5, 5.41) is 4.76. The van der Waals surface area contributed by atoms with E-state index >= 15 is 0 Å². The summed E-state index contributed by atoms with van der Waals surface area (Å²) in [5.74, 6) is -0.433. The zero-order valence-electron chi connectivity index (χ0n) is 15.6. The number of hydrazine groups is 1. The summed E-state index contributed by atoms with van der Waals surface area (Å²) in [6.07, 6.45) is 2.51. The molecular formula is C17H26N4O4S2. The highest BCUT2D eigenvalue weighted by Gasteiger charge is 2.27. The fraction of sp³-hybridized carbons (Fsp3) is 0.529. The van der Waals surface area contributed by atoms with Gasteiger partial charge in [0.15, 0.2) is 5.11 Å². The van der Waals surface area contributed by atoms with E-state index in [9.17, 15) is 13.2 Å². The summed E-state index contributed by atoms with van der Waals surface area (Å²) in [5.41, 5.74) is 2.89. The second kappa shape index (κ2) is 9.98. The fourth-order valence-electron chi connectivity index (χ4n) is 2.67. The highest BCUT2D eigenvalue weighted by Crippen LogP contribution is 2.21. The molecule has 8 nitrogen and oxygen atoms in total. The summed E-state index contributed by atoms with van der Waals surface area (Å²) in [6, 6.07) is 6.04. The predicted molar refractivity (Wildman–Crippen MR) is 107 cm³/mol. The number of rotatable bonds is 7. The van der Waals surface area contributed by atoms with E-state index in [2.05, 4.69) is 10.7 Å². The quantitative estimate of drug-likeness (QED) is 0.390. The Labute approximate surface area is 165 Å². The van der Waals surface area contributed by atoms with Gasteiger partial charge in [-0.15, -0.1) is 0 Å². The van der Waals surface area contributed by atoms with Crippen LogP contribution in [0.25, 0.3) is 0 Å². The highest BCUT2D eigenvalue weighted by molar-refractivity contribution is 7.89. The number of benzene rings is 1. The standard InChI is InChI=1S/C17H26N4O4S2/c1-20(17(26)18-9-6-12-25-2)19-16(22)14-7-5-8-15(13-14)27(23,24)21-10-3-4-11-21/h5,7-8,13H,3-4,6,9-12H2,1-2H3,(H,18,26)(H,19,22). The van der Waals surface area contributed by atoms with Gasteiger partial charge in [-0.1, -0.05) is 6.07 Å². The molecule has 10 heteroatoms. The SMILES string of the molecule is COCCCNC(=S)N(C)NC(=O)c1cccc(S(=O)(=O)N2CCCC2)c1. The Hall–Kier alpha value is -1.75. The van der Waals surface area contributed by atoms with Gasteiger partial charge < -0.3 is 10.1 Å². The van der Waals surface area contributed by atoms with Crippen molar-refractivity contribution in [3.63, 3.8) is 0 Å². The predicted octanol–water partition coefficient (Wildman–Crippen LogP) is 0.959. The third kappa shape index (κ3) is 5.86. The number of hydrogen-bond donors (Lipinski definition) is 2. The fourth-order valence-corrected chi connectivity index (χ4v) is 4.38. The molecule has 1 aliphatic heterocycles. The molecule has 0 aliphatic carbocycles. The molecular weight excluding hydrogens is 388 g/mol. The molecule has 2 rings (SSSR count). The zero-order chi connectivity index (χ0) is 19.9. The second-order valence-electron chi connectivity index (χ2n) is 6.22. The summed E-state index contributed by atoms with van der Waals surface area (Å²) >= 11 is 5.21. The first-order chi connectivity index (χ1) is 12.9. The molecule has 0 spiro atoms. The van der Waals surface area contributed by atoms with E-state index in [0.29, 0.717) is 31.4 Å². The van der Waals surface area contributed by atoms with Crippen LogP contribution in [-0.4, -0.2) is 69.2 Å². The minimum atomic E-state index is -3.57. The molecule has 0 atom stereocenters. The van der Waals surface area contributed by atoms with Gasteiger partial charge in [-0.25, -0.2) is 8.42 Å². The van der Waals surface area contributed by atoms with Crippen LogP contribution in [0.15, 0.2) is 29.2 Å². The first-order valence-corrected chi connectivity index (χ1v) is 10.6. The third-order valence-corrected chi connectivity index (χ3v) is 6.49. The van der Waals surface area contributed by atoms with Crippen LogP contribution in [0.2, 0.25) is 0 Å². The van der Waals surface area contributed by atoms with Gasteiger partial charge in [0.05, 0.1) is 4.90 Å². The first kappa shape index (κ1) is 21.5. The van der Waals surface area contributed by atoms with Gasteiger partial charge >= 0.3 is 0 Å². The van der Waals surface area contributed by atoms with Crippen LogP contribution in [0.4, 0.5) is 0 Å². The van der Waals surface area contributed by atoms with Crippen molar-refractivity contribution in [1.29, 1.82) is 0 Å². The number of hydrogen-bond acceptors (Lipinski definition) is 5. The number of sulfonamides is 1. The van der Waals surface area contributed by atoms with Crippen molar-refractivity contribution in [3.8, 4) is 0 Å². The van der Waals surface area contributed by atoms with Crippen LogP contribution < -0.4 is 10.7 Å². The molecule has 27 heavy (non-hydrogen) atoms. The topological polar surface area (TPSA) is 91.0 Å². The maximum atomic E-state index is 12.7. The molecule has 1 amide bonds. The zero-order valence-corrected chi connectivity index (χ0v) is 17.2. The molecule has 0 saturated carbocycles. The van der Waals surface area contributed by atoms with Crippen LogP contribution in [0.1, 0.15) is 29.6 Å². The number of methoxy groups -OCH3 is 1. The number of carbonyl (C=O) groups excluding carboxylic acids is 1. The molecule has 1 heterocycles. The van der Waals surface area contributed by atoms with Crippen molar-refractivity contribution in [2.24, 2.45) is 0 Å². The number of thiocarbonyl (C=S) groups is 1. The number of carbonyl (C=O) groups is 1. The van der Waals surface area contributed by atoms with Gasteiger partial charge in [0, 0.05) is 46.0 Å². The van der Waals surface area contributed by atoms with Gasteiger partial charge in [-0.05, 0) is 49.7 Å². The van der Waals surface area contributed by atoms with E-state index in [1.165, 1.54) is 21.4 Å². The lowest BCUT2D eigenvalue weighted by molar-refractivity contribution is 0.0886. The van der Waals surface area contributed by atoms with Crippen LogP contribution in [0, 0.1) is 0 Å². The monoisotopic (exact) mass is 414 g/mol. The van der Waals surface area contributed by atoms with Crippen molar-refractivity contribution in [3.05, 3.63) is 29.8 Å². The van der Waals surface area contributed by atoms with Crippen LogP contribution in [0.3, 0.4) is 0 Å². The van der Waals surface area contributed by atoms with Gasteiger partial charge in [0.1, 0.15) is 0 Å². The average Bonchev–Trinajstić information content (AvgIpc) is 3.20. The Morgan fingerprint density at radius 3 is 2.70 bits per heavy atom. The Kier molecular flexibility index (Phi) is 7.96. The van der Waals surface area contributed by atoms with E-state index in [-0.39, 0.29) is 10.5 Å². The summed E-state index contributed by atoms with van der Waals surface area (Å²) in [4.78, 5) is 12.6. The Morgan fingerprint density at radius 2 is 2.04 bits per heavy atom. The van der Waals surface area contributed by atoms with Crippen LogP contribution in [0.5, 0.6) is 0 Å². The molecule has 2 N–H and O–H groups in total. The number of nitrogens with zero attached hydrogens (tertiary/aromatic N) is 2. The highest BCUT2D eigenvalue weighted by atomic mass is 32.2. The smallest absolute Gasteiger partial charge is 0.269 e. The Bertz CT molecular complexity index is 764. The molecule has 0 radical (unpaired) electrons. The van der Waals surface area contributed by atoms with Gasteiger partial charge in [-0.3, -0.25) is 15.2 Å². The second-order valence-corrected chi connectivity index (χ2v) is 8.54. The minimum absolute atomic E-state index is 0.125. The van der Waals surface area contributed by atoms with E-state index < -0.39 is 15.9 Å². The minimum Gasteiger partial charge on any atom is -0.385 e. The number of ether oxygens (including phenoxy) is 1. The summed E-state index contributed by atoms with van der Waals surface area (Å²) in [6.45, 7) is 2.27. The average molecular weight is 415 g/mol. The number of amides is 1. The molecule has 150 valence electrons. The van der Waals surface area contributed by atoms with Crippen molar-refractivity contribution >= 4 is 33.3 Å². The van der Waals surface area contributed by atoms with Gasteiger partial charge in [-0.2, -0.15) is 4.31 Å². The lowest BCUT2D eigenvalue weighted by atomic mass is 10.2. The molecule has 0 bridgehead atoms. The van der Waals surface area contributed by atoms with Crippen molar-refractivity contribution in [2.75, 3.05) is 40.4 Å². The van der Waals surface area contributed by atoms with Crippen molar-refractivity contribution < 1.29 is 17.9 Å². The van der Waals surface area contributed by atoms with E-state index in [4.69, 9.17) is 17.0 Å². The van der Waals surface area contributed by atoms with E-state index in [0.717, 1.165) is 19.3 Å². The largest absolute Gasteiger partial charge is 0.385 e. The molecule has 1 fully saturated rings. The number of nitrogens with one attached hydrogen (secondary N) is 2. The van der Waals surface area contributed by atoms with E-state index in [1.54, 1.807) is 26.3 Å². The third-order valence-electron chi connectivity index (χ3n) is 4.17. The maximum absolute atomic E-state index is 12.7. The van der Waals surface area contributed by atoms with Crippen molar-refractivity contribution in [1.82, 2.24) is 20.1 Å². The maximum Gasteiger partial charge on any atom is 0.269 e. The molecule has 1 aromatic rings. The lowest BCUT2D eigenvalue weighted by Gasteiger charge is -2.22. The first-order valence-electron chi connectivity index (χ1n) is 8.78. The molecule has 0 aromatic heterocycles. The van der Waals surface area contributed by atoms with Crippen molar-refractivity contribution in [2.45, 2.75) is 24.2 Å². The molecule has 0 unspecified atom stereocenters.